The largest absolute Gasteiger partial charge is 0.491 e. The van der Waals surface area contributed by atoms with Gasteiger partial charge < -0.3 is 19.8 Å². The van der Waals surface area contributed by atoms with Crippen LogP contribution in [-0.2, 0) is 0 Å². The van der Waals surface area contributed by atoms with Gasteiger partial charge in [0.15, 0.2) is 5.69 Å². The molecule has 0 bridgehead atoms. The third kappa shape index (κ3) is 5.75. The lowest BCUT2D eigenvalue weighted by molar-refractivity contribution is 0.103. The van der Waals surface area contributed by atoms with Gasteiger partial charge >= 0.3 is 0 Å². The molecule has 4 rings (SSSR count). The second kappa shape index (κ2) is 11.5. The zero-order chi connectivity index (χ0) is 24.8. The molecule has 2 N–H and O–H groups in total. The summed E-state index contributed by atoms with van der Waals surface area (Å²) in [7, 11) is 0. The molecule has 1 fully saturated rings. The van der Waals surface area contributed by atoms with E-state index in [2.05, 4.69) is 9.74 Å². The molecule has 0 aromatic heterocycles. The van der Waals surface area contributed by atoms with Crippen molar-refractivity contribution in [2.75, 3.05) is 44.4 Å². The Morgan fingerprint density at radius 1 is 1.06 bits per heavy atom. The van der Waals surface area contributed by atoms with Gasteiger partial charge in [-0.3, -0.25) is 4.90 Å². The first kappa shape index (κ1) is 25.0. The second-order valence-corrected chi connectivity index (χ2v) is 8.78. The van der Waals surface area contributed by atoms with Crippen molar-refractivity contribution in [3.05, 3.63) is 100 Å². The molecule has 0 spiro atoms. The molecule has 35 heavy (non-hydrogen) atoms. The number of rotatable bonds is 8. The average molecular weight is 496 g/mol. The Kier molecular flexibility index (Phi) is 8.21. The van der Waals surface area contributed by atoms with Crippen molar-refractivity contribution in [3.8, 4) is 5.75 Å². The number of nitrogens with zero attached hydrogens (tertiary/aromatic N) is 3. The van der Waals surface area contributed by atoms with Crippen LogP contribution in [-0.4, -0.2) is 54.6 Å². The normalized spacial score (nSPS) is 17.1. The molecule has 1 aliphatic heterocycles. The van der Waals surface area contributed by atoms with Gasteiger partial charge in [-0.2, -0.15) is 0 Å². The summed E-state index contributed by atoms with van der Waals surface area (Å²) in [5, 5.41) is 19.8. The Balaban J connectivity index is 1.64. The fourth-order valence-corrected chi connectivity index (χ4v) is 4.65. The predicted octanol–water partition coefficient (Wildman–Crippen LogP) is 5.00. The summed E-state index contributed by atoms with van der Waals surface area (Å²) in [5.74, 6) is -0.0357. The van der Waals surface area contributed by atoms with Crippen molar-refractivity contribution in [1.82, 2.24) is 4.90 Å². The van der Waals surface area contributed by atoms with Crippen LogP contribution in [0, 0.1) is 12.4 Å². The lowest BCUT2D eigenvalue weighted by atomic mass is 9.98. The van der Waals surface area contributed by atoms with Crippen molar-refractivity contribution in [1.29, 1.82) is 0 Å². The number of piperazine rings is 1. The van der Waals surface area contributed by atoms with E-state index >= 15 is 4.39 Å². The Morgan fingerprint density at radius 2 is 1.80 bits per heavy atom. The molecule has 2 atom stereocenters. The number of halogens is 2. The van der Waals surface area contributed by atoms with Crippen LogP contribution in [0.3, 0.4) is 0 Å². The third-order valence-electron chi connectivity index (χ3n) is 6.28. The summed E-state index contributed by atoms with van der Waals surface area (Å²) in [6.45, 7) is 8.76. The van der Waals surface area contributed by atoms with Gasteiger partial charge in [0.05, 0.1) is 37.6 Å². The number of hydrogen-bond acceptors (Lipinski definition) is 5. The Bertz CT molecular complexity index is 1170. The van der Waals surface area contributed by atoms with Gasteiger partial charge in [-0.1, -0.05) is 48.0 Å². The van der Waals surface area contributed by atoms with Gasteiger partial charge in [-0.25, -0.2) is 9.24 Å². The third-order valence-corrected chi connectivity index (χ3v) is 6.53. The van der Waals surface area contributed by atoms with E-state index in [1.54, 1.807) is 24.3 Å². The molecule has 0 unspecified atom stereocenters. The first-order chi connectivity index (χ1) is 17.0. The molecular weight excluding hydrogens is 469 g/mol. The molecule has 1 saturated heterocycles. The SMILES string of the molecule is [C-]#[N+]c1ccc([C@@H](CO)N2CCN(c3ccc(OCCO)cc3F)[C@H](c3ccc(Cl)cc3)C2)cc1. The highest BCUT2D eigenvalue weighted by molar-refractivity contribution is 6.30. The van der Waals surface area contributed by atoms with Crippen LogP contribution >= 0.6 is 11.6 Å². The van der Waals surface area contributed by atoms with Crippen LogP contribution in [0.1, 0.15) is 23.2 Å². The minimum Gasteiger partial charge on any atom is -0.491 e. The minimum atomic E-state index is -0.402. The van der Waals surface area contributed by atoms with E-state index in [0.717, 1.165) is 11.1 Å². The summed E-state index contributed by atoms with van der Waals surface area (Å²) in [5.41, 5.74) is 2.93. The molecule has 3 aromatic rings. The highest BCUT2D eigenvalue weighted by atomic mass is 35.5. The second-order valence-electron chi connectivity index (χ2n) is 8.34. The summed E-state index contributed by atoms with van der Waals surface area (Å²) < 4.78 is 20.5. The summed E-state index contributed by atoms with van der Waals surface area (Å²) in [4.78, 5) is 7.66. The number of ether oxygens (including phenoxy) is 1. The lowest BCUT2D eigenvalue weighted by Gasteiger charge is -2.45. The molecule has 8 heteroatoms. The zero-order valence-corrected chi connectivity index (χ0v) is 19.9. The Hall–Kier alpha value is -3.15. The molecule has 0 aliphatic carbocycles. The van der Waals surface area contributed by atoms with Crippen LogP contribution in [0.2, 0.25) is 5.02 Å². The Labute approximate surface area is 209 Å². The predicted molar refractivity (Wildman–Crippen MR) is 135 cm³/mol. The molecule has 6 nitrogen and oxygen atoms in total. The van der Waals surface area contributed by atoms with Crippen molar-refractivity contribution in [3.63, 3.8) is 0 Å². The van der Waals surface area contributed by atoms with E-state index in [1.165, 1.54) is 6.07 Å². The molecule has 1 heterocycles. The van der Waals surface area contributed by atoms with Gasteiger partial charge in [0.25, 0.3) is 0 Å². The van der Waals surface area contributed by atoms with E-state index in [9.17, 15) is 5.11 Å². The number of benzene rings is 3. The first-order valence-corrected chi connectivity index (χ1v) is 11.8. The van der Waals surface area contributed by atoms with Gasteiger partial charge in [-0.15, -0.1) is 0 Å². The number of aliphatic hydroxyl groups is 2. The van der Waals surface area contributed by atoms with Crippen molar-refractivity contribution in [2.24, 2.45) is 0 Å². The lowest BCUT2D eigenvalue weighted by Crippen LogP contribution is -2.50. The van der Waals surface area contributed by atoms with Gasteiger partial charge in [0, 0.05) is 30.7 Å². The van der Waals surface area contributed by atoms with E-state index in [1.807, 2.05) is 41.3 Å². The van der Waals surface area contributed by atoms with Crippen molar-refractivity contribution >= 4 is 23.0 Å². The van der Waals surface area contributed by atoms with E-state index in [4.69, 9.17) is 28.0 Å². The van der Waals surface area contributed by atoms with E-state index in [0.29, 0.717) is 41.8 Å². The molecule has 0 saturated carbocycles. The number of aliphatic hydroxyl groups excluding tert-OH is 2. The van der Waals surface area contributed by atoms with Crippen LogP contribution in [0.4, 0.5) is 15.8 Å². The molecule has 3 aromatic carbocycles. The van der Waals surface area contributed by atoms with Gasteiger partial charge in [0.2, 0.25) is 0 Å². The molecule has 0 amide bonds. The van der Waals surface area contributed by atoms with Crippen LogP contribution in [0.25, 0.3) is 4.85 Å². The highest BCUT2D eigenvalue weighted by Gasteiger charge is 2.33. The number of hydrogen-bond donors (Lipinski definition) is 2. The molecule has 0 radical (unpaired) electrons. The zero-order valence-electron chi connectivity index (χ0n) is 19.1. The fraction of sp³-hybridized carbons (Fsp3) is 0.296. The summed E-state index contributed by atoms with van der Waals surface area (Å²) in [6.07, 6.45) is 0. The van der Waals surface area contributed by atoms with Crippen LogP contribution < -0.4 is 9.64 Å². The van der Waals surface area contributed by atoms with E-state index < -0.39 is 5.82 Å². The number of anilines is 1. The molecule has 1 aliphatic rings. The van der Waals surface area contributed by atoms with Crippen LogP contribution in [0.5, 0.6) is 5.75 Å². The fourth-order valence-electron chi connectivity index (χ4n) is 4.52. The summed E-state index contributed by atoms with van der Waals surface area (Å²) >= 11 is 6.12. The molecular formula is C27H27ClFN3O3. The van der Waals surface area contributed by atoms with Crippen molar-refractivity contribution in [2.45, 2.75) is 12.1 Å². The first-order valence-electron chi connectivity index (χ1n) is 11.4. The summed E-state index contributed by atoms with van der Waals surface area (Å²) in [6, 6.07) is 19.1. The maximum Gasteiger partial charge on any atom is 0.187 e. The van der Waals surface area contributed by atoms with E-state index in [-0.39, 0.29) is 31.9 Å². The quantitative estimate of drug-likeness (QED) is 0.431. The van der Waals surface area contributed by atoms with Gasteiger partial charge in [0.1, 0.15) is 18.2 Å². The Morgan fingerprint density at radius 3 is 2.43 bits per heavy atom. The standard InChI is InChI=1S/C27H27ClFN3O3/c1-30-22-8-4-20(5-9-22)27(18-34)31-12-13-32(26(17-31)19-2-6-21(28)7-3-19)25-11-10-23(16-24(25)29)35-15-14-33/h2-11,16,26-27,33-34H,12-15,17-18H2/t26-,27+/m0/s1. The van der Waals surface area contributed by atoms with Crippen LogP contribution in [0.15, 0.2) is 66.7 Å². The smallest absolute Gasteiger partial charge is 0.187 e. The highest BCUT2D eigenvalue weighted by Crippen LogP contribution is 2.37. The maximum absolute atomic E-state index is 15.2. The van der Waals surface area contributed by atoms with Gasteiger partial charge in [-0.05, 0) is 35.4 Å². The average Bonchev–Trinajstić information content (AvgIpc) is 2.89. The maximum atomic E-state index is 15.2. The molecule has 182 valence electrons. The van der Waals surface area contributed by atoms with Crippen molar-refractivity contribution < 1.29 is 19.3 Å². The monoisotopic (exact) mass is 495 g/mol. The minimum absolute atomic E-state index is 0.0735. The topological polar surface area (TPSA) is 60.5 Å².